The van der Waals surface area contributed by atoms with Crippen LogP contribution in [-0.4, -0.2) is 17.0 Å². The Morgan fingerprint density at radius 2 is 1.84 bits per heavy atom. The Balaban J connectivity index is 2.31. The third-order valence-corrected chi connectivity index (χ3v) is 2.54. The summed E-state index contributed by atoms with van der Waals surface area (Å²) < 4.78 is 26.4. The molecule has 0 aliphatic carbocycles. The maximum Gasteiger partial charge on any atom is 0.149 e. The van der Waals surface area contributed by atoms with Gasteiger partial charge in [0.25, 0.3) is 0 Å². The molecule has 2 N–H and O–H groups in total. The minimum atomic E-state index is -0.664. The zero-order valence-corrected chi connectivity index (χ0v) is 10.7. The number of hydrogen-bond acceptors (Lipinski definition) is 4. The SMILES string of the molecule is CCc1nc(NC)cc(Nc2ccc(F)cc2F)n1. The zero-order valence-electron chi connectivity index (χ0n) is 10.7. The Bertz CT molecular complexity index is 565. The second kappa shape index (κ2) is 5.60. The lowest BCUT2D eigenvalue weighted by molar-refractivity contribution is 0.586. The van der Waals surface area contributed by atoms with E-state index in [0.29, 0.717) is 23.9 Å². The smallest absolute Gasteiger partial charge is 0.149 e. The molecule has 0 atom stereocenters. The number of anilines is 3. The van der Waals surface area contributed by atoms with Crippen molar-refractivity contribution in [2.24, 2.45) is 0 Å². The van der Waals surface area contributed by atoms with Crippen molar-refractivity contribution < 1.29 is 8.78 Å². The van der Waals surface area contributed by atoms with E-state index in [-0.39, 0.29) is 5.69 Å². The van der Waals surface area contributed by atoms with Crippen LogP contribution in [0.3, 0.4) is 0 Å². The Labute approximate surface area is 109 Å². The summed E-state index contributed by atoms with van der Waals surface area (Å²) in [6, 6.07) is 4.99. The first kappa shape index (κ1) is 13.2. The number of hydrogen-bond donors (Lipinski definition) is 2. The molecule has 1 heterocycles. The van der Waals surface area contributed by atoms with Crippen LogP contribution in [0.2, 0.25) is 0 Å². The molecule has 1 aromatic heterocycles. The highest BCUT2D eigenvalue weighted by molar-refractivity contribution is 5.59. The van der Waals surface area contributed by atoms with Gasteiger partial charge >= 0.3 is 0 Å². The van der Waals surface area contributed by atoms with Gasteiger partial charge in [0.2, 0.25) is 0 Å². The lowest BCUT2D eigenvalue weighted by Gasteiger charge is -2.09. The number of benzene rings is 1. The fourth-order valence-corrected chi connectivity index (χ4v) is 1.58. The lowest BCUT2D eigenvalue weighted by atomic mass is 10.3. The van der Waals surface area contributed by atoms with Crippen LogP contribution in [0.1, 0.15) is 12.7 Å². The molecule has 4 nitrogen and oxygen atoms in total. The van der Waals surface area contributed by atoms with Gasteiger partial charge in [-0.3, -0.25) is 0 Å². The van der Waals surface area contributed by atoms with E-state index in [1.165, 1.54) is 12.1 Å². The van der Waals surface area contributed by atoms with Gasteiger partial charge in [0.05, 0.1) is 5.69 Å². The van der Waals surface area contributed by atoms with E-state index in [4.69, 9.17) is 0 Å². The first-order valence-corrected chi connectivity index (χ1v) is 5.90. The van der Waals surface area contributed by atoms with Gasteiger partial charge in [-0.05, 0) is 12.1 Å². The van der Waals surface area contributed by atoms with Gasteiger partial charge in [-0.15, -0.1) is 0 Å². The molecular weight excluding hydrogens is 250 g/mol. The summed E-state index contributed by atoms with van der Waals surface area (Å²) in [6.45, 7) is 1.93. The number of aromatic nitrogens is 2. The highest BCUT2D eigenvalue weighted by Crippen LogP contribution is 2.21. The molecule has 19 heavy (non-hydrogen) atoms. The third-order valence-electron chi connectivity index (χ3n) is 2.54. The van der Waals surface area contributed by atoms with Crippen molar-refractivity contribution in [2.45, 2.75) is 13.3 Å². The highest BCUT2D eigenvalue weighted by atomic mass is 19.1. The number of nitrogens with one attached hydrogen (secondary N) is 2. The average molecular weight is 264 g/mol. The number of rotatable bonds is 4. The molecule has 6 heteroatoms. The molecule has 0 amide bonds. The van der Waals surface area contributed by atoms with Crippen LogP contribution in [0.15, 0.2) is 24.3 Å². The van der Waals surface area contributed by atoms with Gasteiger partial charge in [0.1, 0.15) is 29.1 Å². The van der Waals surface area contributed by atoms with Gasteiger partial charge in [-0.25, -0.2) is 18.7 Å². The summed E-state index contributed by atoms with van der Waals surface area (Å²) in [5, 5.41) is 5.72. The topological polar surface area (TPSA) is 49.8 Å². The second-order valence-corrected chi connectivity index (χ2v) is 3.91. The Hall–Kier alpha value is -2.24. The molecule has 2 rings (SSSR count). The molecule has 0 saturated heterocycles. The Kier molecular flexibility index (Phi) is 3.89. The van der Waals surface area contributed by atoms with Crippen molar-refractivity contribution in [1.29, 1.82) is 0 Å². The minimum Gasteiger partial charge on any atom is -0.373 e. The van der Waals surface area contributed by atoms with Crippen LogP contribution in [-0.2, 0) is 6.42 Å². The van der Waals surface area contributed by atoms with Crippen LogP contribution in [0, 0.1) is 11.6 Å². The summed E-state index contributed by atoms with van der Waals surface area (Å²) in [7, 11) is 1.74. The van der Waals surface area contributed by atoms with Gasteiger partial charge in [-0.2, -0.15) is 0 Å². The number of halogens is 2. The van der Waals surface area contributed by atoms with E-state index >= 15 is 0 Å². The first-order valence-electron chi connectivity index (χ1n) is 5.90. The second-order valence-electron chi connectivity index (χ2n) is 3.91. The van der Waals surface area contributed by atoms with Crippen LogP contribution in [0.5, 0.6) is 0 Å². The lowest BCUT2D eigenvalue weighted by Crippen LogP contribution is -2.04. The van der Waals surface area contributed by atoms with Crippen LogP contribution >= 0.6 is 0 Å². The van der Waals surface area contributed by atoms with Gasteiger partial charge < -0.3 is 10.6 Å². The standard InChI is InChI=1S/C13H14F2N4/c1-3-11-18-12(16-2)7-13(19-11)17-10-5-4-8(14)6-9(10)15/h4-7H,3H2,1-2H3,(H2,16,17,18,19). The summed E-state index contributed by atoms with van der Waals surface area (Å²) in [5.74, 6) is 0.453. The summed E-state index contributed by atoms with van der Waals surface area (Å²) in [6.07, 6.45) is 0.663. The quantitative estimate of drug-likeness (QED) is 0.891. The van der Waals surface area contributed by atoms with E-state index in [0.717, 1.165) is 6.07 Å². The fraction of sp³-hybridized carbons (Fsp3) is 0.231. The van der Waals surface area contributed by atoms with Crippen molar-refractivity contribution in [3.05, 3.63) is 41.7 Å². The maximum atomic E-state index is 13.5. The molecule has 100 valence electrons. The molecule has 0 spiro atoms. The highest BCUT2D eigenvalue weighted by Gasteiger charge is 2.07. The largest absolute Gasteiger partial charge is 0.373 e. The molecule has 0 aliphatic heterocycles. The first-order chi connectivity index (χ1) is 9.12. The molecule has 0 unspecified atom stereocenters. The van der Waals surface area contributed by atoms with Crippen molar-refractivity contribution in [3.63, 3.8) is 0 Å². The van der Waals surface area contributed by atoms with E-state index in [2.05, 4.69) is 20.6 Å². The molecule has 0 bridgehead atoms. The number of aryl methyl sites for hydroxylation is 1. The Morgan fingerprint density at radius 3 is 2.47 bits per heavy atom. The molecule has 0 fully saturated rings. The molecule has 0 aliphatic rings. The van der Waals surface area contributed by atoms with E-state index < -0.39 is 11.6 Å². The van der Waals surface area contributed by atoms with Gasteiger partial charge in [0, 0.05) is 25.6 Å². The number of nitrogens with zero attached hydrogens (tertiary/aromatic N) is 2. The molecule has 2 aromatic rings. The Morgan fingerprint density at radius 1 is 1.11 bits per heavy atom. The van der Waals surface area contributed by atoms with Crippen molar-refractivity contribution >= 4 is 17.3 Å². The van der Waals surface area contributed by atoms with E-state index in [1.54, 1.807) is 13.1 Å². The molecule has 1 aromatic carbocycles. The molecule has 0 radical (unpaired) electrons. The summed E-state index contributed by atoms with van der Waals surface area (Å²) >= 11 is 0. The summed E-state index contributed by atoms with van der Waals surface area (Å²) in [4.78, 5) is 8.47. The predicted molar refractivity (Wildman–Crippen MR) is 70.6 cm³/mol. The molecule has 0 saturated carbocycles. The van der Waals surface area contributed by atoms with E-state index in [9.17, 15) is 8.78 Å². The van der Waals surface area contributed by atoms with Crippen LogP contribution in [0.25, 0.3) is 0 Å². The van der Waals surface area contributed by atoms with Gasteiger partial charge in [0.15, 0.2) is 0 Å². The van der Waals surface area contributed by atoms with E-state index in [1.807, 2.05) is 6.92 Å². The third kappa shape index (κ3) is 3.15. The van der Waals surface area contributed by atoms with Crippen molar-refractivity contribution in [1.82, 2.24) is 9.97 Å². The normalized spacial score (nSPS) is 10.3. The summed E-state index contributed by atoms with van der Waals surface area (Å²) in [5.41, 5.74) is 0.171. The van der Waals surface area contributed by atoms with Crippen LogP contribution in [0.4, 0.5) is 26.1 Å². The average Bonchev–Trinajstić information content (AvgIpc) is 2.41. The predicted octanol–water partition coefficient (Wildman–Crippen LogP) is 3.10. The minimum absolute atomic E-state index is 0.171. The van der Waals surface area contributed by atoms with Crippen LogP contribution < -0.4 is 10.6 Å². The van der Waals surface area contributed by atoms with Crippen molar-refractivity contribution in [3.8, 4) is 0 Å². The van der Waals surface area contributed by atoms with Crippen molar-refractivity contribution in [2.75, 3.05) is 17.7 Å². The maximum absolute atomic E-state index is 13.5. The zero-order chi connectivity index (χ0) is 13.8. The monoisotopic (exact) mass is 264 g/mol. The molecular formula is C13H14F2N4. The fourth-order valence-electron chi connectivity index (χ4n) is 1.58. The van der Waals surface area contributed by atoms with Gasteiger partial charge in [-0.1, -0.05) is 6.92 Å².